The van der Waals surface area contributed by atoms with Gasteiger partial charge in [-0.25, -0.2) is 0 Å². The minimum absolute atomic E-state index is 0.661. The van der Waals surface area contributed by atoms with Crippen LogP contribution in [0.4, 0.5) is 5.69 Å². The zero-order valence-electron chi connectivity index (χ0n) is 12.0. The maximum absolute atomic E-state index is 5.17. The second-order valence-corrected chi connectivity index (χ2v) is 5.44. The molecule has 2 heteroatoms. The molecule has 0 radical (unpaired) electrons. The number of anilines is 1. The highest BCUT2D eigenvalue weighted by atomic mass is 16.5. The summed E-state index contributed by atoms with van der Waals surface area (Å²) >= 11 is 0. The van der Waals surface area contributed by atoms with E-state index in [0.29, 0.717) is 6.61 Å². The predicted molar refractivity (Wildman–Crippen MR) is 82.9 cm³/mol. The molecule has 3 rings (SSSR count). The van der Waals surface area contributed by atoms with Crippen molar-refractivity contribution in [3.63, 3.8) is 0 Å². The second-order valence-electron chi connectivity index (χ2n) is 5.44. The highest BCUT2D eigenvalue weighted by Crippen LogP contribution is 2.23. The Balaban J connectivity index is 1.65. The number of fused-ring (bicyclic) bond motifs is 1. The van der Waals surface area contributed by atoms with E-state index in [2.05, 4.69) is 47.8 Å². The lowest BCUT2D eigenvalue weighted by Gasteiger charge is -2.09. The molecule has 0 saturated heterocycles. The van der Waals surface area contributed by atoms with Gasteiger partial charge < -0.3 is 10.1 Å². The van der Waals surface area contributed by atoms with E-state index in [1.165, 1.54) is 41.5 Å². The SMILES string of the molecule is COCc1cccc(NCc2ccc3c(c2)CCC3)c1. The third kappa shape index (κ3) is 3.02. The molecule has 0 spiro atoms. The molecule has 1 aliphatic rings. The molecule has 0 unspecified atom stereocenters. The van der Waals surface area contributed by atoms with Gasteiger partial charge in [0.15, 0.2) is 0 Å². The first-order valence-corrected chi connectivity index (χ1v) is 7.27. The summed E-state index contributed by atoms with van der Waals surface area (Å²) in [6.45, 7) is 1.54. The molecule has 0 aliphatic heterocycles. The molecule has 0 fully saturated rings. The van der Waals surface area contributed by atoms with Crippen LogP contribution in [0.2, 0.25) is 0 Å². The Hall–Kier alpha value is -1.80. The van der Waals surface area contributed by atoms with Crippen LogP contribution in [0.3, 0.4) is 0 Å². The van der Waals surface area contributed by atoms with Crippen molar-refractivity contribution in [2.45, 2.75) is 32.4 Å². The minimum atomic E-state index is 0.661. The van der Waals surface area contributed by atoms with E-state index in [1.807, 2.05) is 0 Å². The highest BCUT2D eigenvalue weighted by molar-refractivity contribution is 5.46. The van der Waals surface area contributed by atoms with E-state index < -0.39 is 0 Å². The molecule has 2 aromatic carbocycles. The number of hydrogen-bond donors (Lipinski definition) is 1. The van der Waals surface area contributed by atoms with Crippen molar-refractivity contribution < 1.29 is 4.74 Å². The summed E-state index contributed by atoms with van der Waals surface area (Å²) < 4.78 is 5.17. The third-order valence-electron chi connectivity index (χ3n) is 3.90. The van der Waals surface area contributed by atoms with Gasteiger partial charge in [-0.3, -0.25) is 0 Å². The molecule has 1 aliphatic carbocycles. The molecular weight excluding hydrogens is 246 g/mol. The Morgan fingerprint density at radius 2 is 1.90 bits per heavy atom. The minimum Gasteiger partial charge on any atom is -0.381 e. The van der Waals surface area contributed by atoms with Crippen molar-refractivity contribution in [1.29, 1.82) is 0 Å². The Bertz CT molecular complexity index is 592. The fourth-order valence-corrected chi connectivity index (χ4v) is 2.88. The van der Waals surface area contributed by atoms with Crippen LogP contribution in [0.25, 0.3) is 0 Å². The van der Waals surface area contributed by atoms with Gasteiger partial charge >= 0.3 is 0 Å². The summed E-state index contributed by atoms with van der Waals surface area (Å²) in [5.41, 5.74) is 6.79. The average Bonchev–Trinajstić information content (AvgIpc) is 2.93. The van der Waals surface area contributed by atoms with Crippen LogP contribution in [0, 0.1) is 0 Å². The largest absolute Gasteiger partial charge is 0.381 e. The maximum atomic E-state index is 5.17. The molecule has 1 N–H and O–H groups in total. The van der Waals surface area contributed by atoms with Crippen molar-refractivity contribution in [1.82, 2.24) is 0 Å². The Kier molecular flexibility index (Phi) is 4.03. The van der Waals surface area contributed by atoms with E-state index in [0.717, 1.165) is 12.2 Å². The number of aryl methyl sites for hydroxylation is 2. The molecule has 0 aromatic heterocycles. The van der Waals surface area contributed by atoms with Gasteiger partial charge in [0, 0.05) is 19.3 Å². The topological polar surface area (TPSA) is 21.3 Å². The fourth-order valence-electron chi connectivity index (χ4n) is 2.88. The van der Waals surface area contributed by atoms with Gasteiger partial charge in [0.1, 0.15) is 0 Å². The molecule has 2 aromatic rings. The number of ether oxygens (including phenoxy) is 1. The van der Waals surface area contributed by atoms with E-state index in [4.69, 9.17) is 4.74 Å². The van der Waals surface area contributed by atoms with Crippen molar-refractivity contribution in [2.24, 2.45) is 0 Å². The molecule has 104 valence electrons. The smallest absolute Gasteiger partial charge is 0.0713 e. The maximum Gasteiger partial charge on any atom is 0.0713 e. The number of nitrogens with one attached hydrogen (secondary N) is 1. The lowest BCUT2D eigenvalue weighted by Crippen LogP contribution is -2.01. The van der Waals surface area contributed by atoms with Crippen LogP contribution in [0.1, 0.15) is 28.7 Å². The molecule has 0 amide bonds. The first-order chi connectivity index (χ1) is 9.85. The molecule has 2 nitrogen and oxygen atoms in total. The number of benzene rings is 2. The van der Waals surface area contributed by atoms with Gasteiger partial charge in [-0.2, -0.15) is 0 Å². The number of rotatable bonds is 5. The van der Waals surface area contributed by atoms with E-state index in [-0.39, 0.29) is 0 Å². The summed E-state index contributed by atoms with van der Waals surface area (Å²) in [6, 6.07) is 15.3. The highest BCUT2D eigenvalue weighted by Gasteiger charge is 2.10. The molecule has 0 saturated carbocycles. The zero-order valence-corrected chi connectivity index (χ0v) is 12.0. The van der Waals surface area contributed by atoms with Crippen LogP contribution in [-0.2, 0) is 30.7 Å². The van der Waals surface area contributed by atoms with Gasteiger partial charge in [-0.15, -0.1) is 0 Å². The summed E-state index contributed by atoms with van der Waals surface area (Å²) in [7, 11) is 1.73. The van der Waals surface area contributed by atoms with E-state index in [9.17, 15) is 0 Å². The molecule has 0 atom stereocenters. The summed E-state index contributed by atoms with van der Waals surface area (Å²) in [5, 5.41) is 3.50. The van der Waals surface area contributed by atoms with E-state index >= 15 is 0 Å². The van der Waals surface area contributed by atoms with Gasteiger partial charge in [0.25, 0.3) is 0 Å². The normalized spacial score (nSPS) is 13.2. The van der Waals surface area contributed by atoms with Crippen LogP contribution < -0.4 is 5.32 Å². The molecule has 20 heavy (non-hydrogen) atoms. The third-order valence-corrected chi connectivity index (χ3v) is 3.90. The van der Waals surface area contributed by atoms with Crippen LogP contribution in [0.5, 0.6) is 0 Å². The quantitative estimate of drug-likeness (QED) is 0.886. The molecular formula is C18H21NO. The van der Waals surface area contributed by atoms with Crippen LogP contribution in [-0.4, -0.2) is 7.11 Å². The van der Waals surface area contributed by atoms with Crippen LogP contribution in [0.15, 0.2) is 42.5 Å². The summed E-state index contributed by atoms with van der Waals surface area (Å²) in [5.74, 6) is 0. The van der Waals surface area contributed by atoms with Gasteiger partial charge in [0.05, 0.1) is 6.61 Å². The number of hydrogen-bond acceptors (Lipinski definition) is 2. The van der Waals surface area contributed by atoms with Gasteiger partial charge in [0.2, 0.25) is 0 Å². The van der Waals surface area contributed by atoms with Crippen molar-refractivity contribution >= 4 is 5.69 Å². The number of methoxy groups -OCH3 is 1. The molecule has 0 bridgehead atoms. The zero-order chi connectivity index (χ0) is 13.8. The Morgan fingerprint density at radius 3 is 2.80 bits per heavy atom. The average molecular weight is 267 g/mol. The molecule has 0 heterocycles. The first-order valence-electron chi connectivity index (χ1n) is 7.27. The second kappa shape index (κ2) is 6.10. The monoisotopic (exact) mass is 267 g/mol. The van der Waals surface area contributed by atoms with Crippen LogP contribution >= 0.6 is 0 Å². The lowest BCUT2D eigenvalue weighted by molar-refractivity contribution is 0.185. The first kappa shape index (κ1) is 13.2. The Labute approximate surface area is 120 Å². The Morgan fingerprint density at radius 1 is 1.00 bits per heavy atom. The van der Waals surface area contributed by atoms with Crippen molar-refractivity contribution in [2.75, 3.05) is 12.4 Å². The summed E-state index contributed by atoms with van der Waals surface area (Å²) in [6.07, 6.45) is 3.81. The fraction of sp³-hybridized carbons (Fsp3) is 0.333. The standard InChI is InChI=1S/C18H21NO/c1-20-13-15-4-2-7-18(11-15)19-12-14-8-9-16-5-3-6-17(16)10-14/h2,4,7-11,19H,3,5-6,12-13H2,1H3. The van der Waals surface area contributed by atoms with Crippen molar-refractivity contribution in [3.05, 3.63) is 64.7 Å². The van der Waals surface area contributed by atoms with Crippen molar-refractivity contribution in [3.8, 4) is 0 Å². The predicted octanol–water partition coefficient (Wildman–Crippen LogP) is 3.93. The van der Waals surface area contributed by atoms with E-state index in [1.54, 1.807) is 7.11 Å². The van der Waals surface area contributed by atoms with Gasteiger partial charge in [-0.05, 0) is 53.6 Å². The lowest BCUT2D eigenvalue weighted by atomic mass is 10.1. The van der Waals surface area contributed by atoms with Gasteiger partial charge in [-0.1, -0.05) is 30.3 Å². The summed E-state index contributed by atoms with van der Waals surface area (Å²) in [4.78, 5) is 0.